The number of anilines is 4. The first-order valence-electron chi connectivity index (χ1n) is 12.1. The van der Waals surface area contributed by atoms with Gasteiger partial charge >= 0.3 is 0 Å². The Labute approximate surface area is 218 Å². The van der Waals surface area contributed by atoms with Crippen LogP contribution in [0.15, 0.2) is 72.0 Å². The minimum absolute atomic E-state index is 0.184. The van der Waals surface area contributed by atoms with Gasteiger partial charge in [0.25, 0.3) is 0 Å². The van der Waals surface area contributed by atoms with Gasteiger partial charge in [-0.3, -0.25) is 0 Å². The van der Waals surface area contributed by atoms with Gasteiger partial charge in [-0.2, -0.15) is 4.98 Å². The van der Waals surface area contributed by atoms with E-state index in [1.54, 1.807) is 30.6 Å². The molecule has 194 valence electrons. The lowest BCUT2D eigenvalue weighted by molar-refractivity contribution is 0.491. The lowest BCUT2D eigenvalue weighted by atomic mass is 10.1. The Kier molecular flexibility index (Phi) is 7.60. The van der Waals surface area contributed by atoms with E-state index in [-0.39, 0.29) is 4.90 Å². The van der Waals surface area contributed by atoms with Crippen LogP contribution in [0, 0.1) is 6.92 Å². The Bertz CT molecular complexity index is 1470. The van der Waals surface area contributed by atoms with Gasteiger partial charge in [0.1, 0.15) is 11.6 Å². The molecule has 0 aliphatic rings. The van der Waals surface area contributed by atoms with Gasteiger partial charge in [0.2, 0.25) is 16.0 Å². The normalized spacial score (nSPS) is 11.9. The van der Waals surface area contributed by atoms with Crippen LogP contribution in [0.4, 0.5) is 23.1 Å². The number of rotatable bonds is 9. The summed E-state index contributed by atoms with van der Waals surface area (Å²) in [4.78, 5) is 13.6. The molecule has 0 fully saturated rings. The fraction of sp³-hybridized carbons (Fsp3) is 0.296. The minimum atomic E-state index is -3.66. The van der Waals surface area contributed by atoms with Gasteiger partial charge in [-0.1, -0.05) is 25.1 Å². The van der Waals surface area contributed by atoms with Crippen molar-refractivity contribution in [3.63, 3.8) is 0 Å². The number of nitrogens with one attached hydrogen (secondary N) is 3. The highest BCUT2D eigenvalue weighted by Crippen LogP contribution is 2.24. The molecule has 37 heavy (non-hydrogen) atoms. The molecule has 0 saturated heterocycles. The third-order valence-electron chi connectivity index (χ3n) is 5.58. The maximum atomic E-state index is 12.8. The van der Waals surface area contributed by atoms with Gasteiger partial charge in [0.15, 0.2) is 0 Å². The monoisotopic (exact) mass is 519 g/mol. The lowest BCUT2D eigenvalue weighted by Crippen LogP contribution is -2.40. The third kappa shape index (κ3) is 6.93. The van der Waals surface area contributed by atoms with E-state index in [1.807, 2.05) is 59.0 Å². The molecule has 0 atom stereocenters. The zero-order chi connectivity index (χ0) is 26.6. The molecule has 0 spiro atoms. The van der Waals surface area contributed by atoms with Crippen LogP contribution in [-0.2, 0) is 23.0 Å². The van der Waals surface area contributed by atoms with Crippen LogP contribution in [0.25, 0.3) is 0 Å². The Morgan fingerprint density at radius 2 is 1.73 bits per heavy atom. The minimum Gasteiger partial charge on any atom is -0.340 e. The Morgan fingerprint density at radius 1 is 0.973 bits per heavy atom. The number of nitrogens with zero attached hydrogens (tertiary/aromatic N) is 4. The number of hydrogen-bond donors (Lipinski definition) is 3. The molecule has 2 aromatic carbocycles. The predicted octanol–water partition coefficient (Wildman–Crippen LogP) is 5.16. The summed E-state index contributed by atoms with van der Waals surface area (Å²) in [5.41, 5.74) is 2.98. The zero-order valence-electron chi connectivity index (χ0n) is 21.8. The fourth-order valence-corrected chi connectivity index (χ4v) is 5.23. The van der Waals surface area contributed by atoms with Crippen LogP contribution < -0.4 is 15.4 Å². The summed E-state index contributed by atoms with van der Waals surface area (Å²) in [6, 6.07) is 14.8. The number of sulfonamides is 1. The van der Waals surface area contributed by atoms with Crippen LogP contribution in [0.5, 0.6) is 0 Å². The molecule has 10 heteroatoms. The first-order chi connectivity index (χ1) is 17.5. The Balaban J connectivity index is 1.51. The summed E-state index contributed by atoms with van der Waals surface area (Å²) in [5, 5.41) is 6.53. The van der Waals surface area contributed by atoms with Crippen LogP contribution in [0.3, 0.4) is 0 Å². The highest BCUT2D eigenvalue weighted by molar-refractivity contribution is 7.89. The van der Waals surface area contributed by atoms with E-state index in [9.17, 15) is 8.42 Å². The fourth-order valence-electron chi connectivity index (χ4n) is 3.76. The van der Waals surface area contributed by atoms with Crippen molar-refractivity contribution in [2.24, 2.45) is 0 Å². The molecule has 4 aromatic rings. The van der Waals surface area contributed by atoms with Gasteiger partial charge in [-0.25, -0.2) is 23.1 Å². The number of aromatic nitrogens is 4. The lowest BCUT2D eigenvalue weighted by Gasteiger charge is -2.20. The number of benzene rings is 2. The molecule has 0 unspecified atom stereocenters. The van der Waals surface area contributed by atoms with E-state index >= 15 is 0 Å². The second-order valence-electron chi connectivity index (χ2n) is 9.85. The van der Waals surface area contributed by atoms with Crippen molar-refractivity contribution < 1.29 is 8.42 Å². The highest BCUT2D eigenvalue weighted by atomic mass is 32.2. The summed E-state index contributed by atoms with van der Waals surface area (Å²) in [6.45, 7) is 10.2. The second kappa shape index (κ2) is 10.7. The molecule has 0 radical (unpaired) electrons. The van der Waals surface area contributed by atoms with E-state index in [1.165, 1.54) is 0 Å². The number of imidazole rings is 1. The first kappa shape index (κ1) is 26.3. The molecule has 0 aliphatic carbocycles. The summed E-state index contributed by atoms with van der Waals surface area (Å²) in [5.74, 6) is 2.03. The molecule has 2 heterocycles. The van der Waals surface area contributed by atoms with E-state index in [4.69, 9.17) is 0 Å². The van der Waals surface area contributed by atoms with Gasteiger partial charge in [-0.05, 0) is 70.0 Å². The maximum Gasteiger partial charge on any atom is 0.241 e. The Hall–Kier alpha value is -3.76. The largest absolute Gasteiger partial charge is 0.340 e. The summed E-state index contributed by atoms with van der Waals surface area (Å²) in [7, 11) is -3.66. The van der Waals surface area contributed by atoms with E-state index < -0.39 is 15.6 Å². The Morgan fingerprint density at radius 3 is 2.38 bits per heavy atom. The molecule has 0 aliphatic heterocycles. The average molecular weight is 520 g/mol. The average Bonchev–Trinajstić information content (AvgIpc) is 3.23. The molecule has 2 aromatic heterocycles. The van der Waals surface area contributed by atoms with Gasteiger partial charge in [0, 0.05) is 47.6 Å². The SMILES string of the molecule is CCc1cnc(Nc2ccc(Cn3ccnc3C)cc2)nc1Nc1cccc(S(=O)(=O)NC(C)(C)C)c1. The van der Waals surface area contributed by atoms with Gasteiger partial charge in [0.05, 0.1) is 4.90 Å². The van der Waals surface area contributed by atoms with E-state index in [0.29, 0.717) is 23.9 Å². The highest BCUT2D eigenvalue weighted by Gasteiger charge is 2.22. The van der Waals surface area contributed by atoms with Crippen molar-refractivity contribution in [2.45, 2.75) is 58.0 Å². The quantitative estimate of drug-likeness (QED) is 0.280. The summed E-state index contributed by atoms with van der Waals surface area (Å²) < 4.78 is 30.3. The molecule has 0 saturated carbocycles. The van der Waals surface area contributed by atoms with Crippen LogP contribution in [0.2, 0.25) is 0 Å². The van der Waals surface area contributed by atoms with Crippen LogP contribution in [-0.4, -0.2) is 33.5 Å². The number of hydrogen-bond acceptors (Lipinski definition) is 7. The second-order valence-corrected chi connectivity index (χ2v) is 11.5. The van der Waals surface area contributed by atoms with Crippen molar-refractivity contribution in [1.82, 2.24) is 24.2 Å². The van der Waals surface area contributed by atoms with Gasteiger partial charge < -0.3 is 15.2 Å². The van der Waals surface area contributed by atoms with Gasteiger partial charge in [-0.15, -0.1) is 0 Å². The topological polar surface area (TPSA) is 114 Å². The molecule has 4 rings (SSSR count). The van der Waals surface area contributed by atoms with Crippen molar-refractivity contribution in [3.05, 3.63) is 84.1 Å². The van der Waals surface area contributed by atoms with Crippen LogP contribution in [0.1, 0.15) is 44.6 Å². The van der Waals surface area contributed by atoms with Crippen molar-refractivity contribution in [2.75, 3.05) is 10.6 Å². The van der Waals surface area contributed by atoms with Crippen molar-refractivity contribution in [1.29, 1.82) is 0 Å². The van der Waals surface area contributed by atoms with Crippen molar-refractivity contribution in [3.8, 4) is 0 Å². The first-order valence-corrected chi connectivity index (χ1v) is 13.6. The van der Waals surface area contributed by atoms with E-state index in [0.717, 1.165) is 29.2 Å². The number of aryl methyl sites for hydroxylation is 2. The summed E-state index contributed by atoms with van der Waals surface area (Å²) in [6.07, 6.45) is 6.25. The smallest absolute Gasteiger partial charge is 0.241 e. The van der Waals surface area contributed by atoms with Crippen LogP contribution >= 0.6 is 0 Å². The summed E-state index contributed by atoms with van der Waals surface area (Å²) >= 11 is 0. The predicted molar refractivity (Wildman–Crippen MR) is 147 cm³/mol. The molecule has 0 amide bonds. The molecular weight excluding hydrogens is 486 g/mol. The molecule has 9 nitrogen and oxygen atoms in total. The van der Waals surface area contributed by atoms with Crippen molar-refractivity contribution >= 4 is 33.2 Å². The van der Waals surface area contributed by atoms with E-state index in [2.05, 4.69) is 47.0 Å². The molecular formula is C27H33N7O2S. The maximum absolute atomic E-state index is 12.8. The standard InChI is InChI=1S/C27H33N7O2S/c1-6-21-17-29-26(31-22-12-10-20(11-13-22)18-34-15-14-28-19(34)2)32-25(21)30-23-8-7-9-24(16-23)37(35,36)33-27(3,4)5/h7-17,33H,6,18H2,1-5H3,(H2,29,30,31,32). The molecule has 3 N–H and O–H groups in total. The molecule has 0 bridgehead atoms. The third-order valence-corrected chi connectivity index (χ3v) is 7.34. The zero-order valence-corrected chi connectivity index (χ0v) is 22.6.